The van der Waals surface area contributed by atoms with Crippen LogP contribution >= 0.6 is 0 Å². The molecule has 0 radical (unpaired) electrons. The molecule has 3 atom stereocenters. The Hall–Kier alpha value is -1.39. The molecule has 2 fully saturated rings. The molecule has 1 aromatic carbocycles. The molecule has 1 saturated heterocycles. The van der Waals surface area contributed by atoms with Crippen LogP contribution in [-0.4, -0.2) is 52.6 Å². The highest BCUT2D eigenvalue weighted by Crippen LogP contribution is 2.26. The Morgan fingerprint density at radius 3 is 2.72 bits per heavy atom. The molecule has 2 aliphatic rings. The second-order valence-corrected chi connectivity index (χ2v) is 7.84. The lowest BCUT2D eigenvalue weighted by atomic mass is 9.90. The highest BCUT2D eigenvalue weighted by Gasteiger charge is 2.36. The van der Waals surface area contributed by atoms with Gasteiger partial charge in [0.05, 0.1) is 18.2 Å². The van der Waals surface area contributed by atoms with Gasteiger partial charge in [-0.15, -0.1) is 0 Å². The van der Waals surface area contributed by atoms with E-state index in [9.17, 15) is 9.90 Å². The van der Waals surface area contributed by atoms with Gasteiger partial charge < -0.3 is 10.0 Å². The lowest BCUT2D eigenvalue weighted by Gasteiger charge is -2.41. The molecule has 138 valence electrons. The Morgan fingerprint density at radius 1 is 1.20 bits per heavy atom. The predicted octanol–water partition coefficient (Wildman–Crippen LogP) is 3.11. The lowest BCUT2D eigenvalue weighted by Crippen LogP contribution is -2.54. The third-order valence-corrected chi connectivity index (χ3v) is 5.91. The van der Waals surface area contributed by atoms with Crippen molar-refractivity contribution in [3.63, 3.8) is 0 Å². The van der Waals surface area contributed by atoms with Crippen LogP contribution in [0.2, 0.25) is 0 Å². The molecule has 1 aliphatic heterocycles. The van der Waals surface area contributed by atoms with Crippen molar-refractivity contribution in [2.45, 2.75) is 76.6 Å². The topological polar surface area (TPSA) is 43.8 Å². The van der Waals surface area contributed by atoms with E-state index < -0.39 is 0 Å². The van der Waals surface area contributed by atoms with E-state index in [1.807, 2.05) is 11.9 Å². The summed E-state index contributed by atoms with van der Waals surface area (Å²) in [4.78, 5) is 17.4. The molecule has 1 saturated carbocycles. The van der Waals surface area contributed by atoms with Gasteiger partial charge in [-0.3, -0.25) is 9.69 Å². The Labute approximate surface area is 151 Å². The molecule has 1 amide bonds. The van der Waals surface area contributed by atoms with Crippen LogP contribution in [0.4, 0.5) is 0 Å². The van der Waals surface area contributed by atoms with E-state index in [0.717, 1.165) is 58.0 Å². The Morgan fingerprint density at radius 2 is 1.96 bits per heavy atom. The number of piperidine rings is 1. The Kier molecular flexibility index (Phi) is 6.13. The molecule has 0 aromatic heterocycles. The summed E-state index contributed by atoms with van der Waals surface area (Å²) in [6, 6.07) is 8.51. The van der Waals surface area contributed by atoms with Crippen molar-refractivity contribution in [3.8, 4) is 0 Å². The summed E-state index contributed by atoms with van der Waals surface area (Å²) < 4.78 is 0. The maximum absolute atomic E-state index is 13.2. The molecule has 0 bridgehead atoms. The molecule has 1 unspecified atom stereocenters. The van der Waals surface area contributed by atoms with Gasteiger partial charge in [-0.1, -0.05) is 49.1 Å². The van der Waals surface area contributed by atoms with E-state index in [-0.39, 0.29) is 24.1 Å². The first kappa shape index (κ1) is 18.4. The number of carbonyl (C=O) groups excluding carboxylic acids is 1. The second kappa shape index (κ2) is 8.33. The minimum atomic E-state index is -0.364. The molecule has 1 heterocycles. The summed E-state index contributed by atoms with van der Waals surface area (Å²) in [5.41, 5.74) is 2.54. The number of rotatable bonds is 4. The quantitative estimate of drug-likeness (QED) is 0.913. The SMILES string of the molecule is Cc1cccc(CN2CCCCC2C(=O)N(C)[C@@H]2CCCC[C@H]2O)c1. The number of likely N-dealkylation sites (N-methyl/N-ethyl adjacent to an activating group) is 1. The number of aliphatic hydroxyl groups is 1. The van der Waals surface area contributed by atoms with Gasteiger partial charge in [-0.25, -0.2) is 0 Å². The van der Waals surface area contributed by atoms with Crippen molar-refractivity contribution in [1.82, 2.24) is 9.80 Å². The van der Waals surface area contributed by atoms with Gasteiger partial charge in [0.15, 0.2) is 0 Å². The fraction of sp³-hybridized carbons (Fsp3) is 0.667. The summed E-state index contributed by atoms with van der Waals surface area (Å²) in [7, 11) is 1.89. The van der Waals surface area contributed by atoms with E-state index >= 15 is 0 Å². The molecule has 1 aliphatic carbocycles. The van der Waals surface area contributed by atoms with Crippen molar-refractivity contribution in [2.24, 2.45) is 0 Å². The number of likely N-dealkylation sites (tertiary alicyclic amines) is 1. The largest absolute Gasteiger partial charge is 0.391 e. The van der Waals surface area contributed by atoms with Crippen LogP contribution in [-0.2, 0) is 11.3 Å². The Balaban J connectivity index is 1.70. The van der Waals surface area contributed by atoms with E-state index in [4.69, 9.17) is 0 Å². The molecule has 4 nitrogen and oxygen atoms in total. The fourth-order valence-electron chi connectivity index (χ4n) is 4.45. The first-order valence-electron chi connectivity index (χ1n) is 9.80. The van der Waals surface area contributed by atoms with Crippen LogP contribution in [0.1, 0.15) is 56.1 Å². The standard InChI is InChI=1S/C21H32N2O2/c1-16-8-7-9-17(14-16)15-23-13-6-5-11-19(23)21(25)22(2)18-10-3-4-12-20(18)24/h7-9,14,18-20,24H,3-6,10-13,15H2,1-2H3/t18-,19?,20-/m1/s1. The summed E-state index contributed by atoms with van der Waals surface area (Å²) in [5.74, 6) is 0.193. The molecular formula is C21H32N2O2. The summed E-state index contributed by atoms with van der Waals surface area (Å²) in [5, 5.41) is 10.3. The average molecular weight is 344 g/mol. The second-order valence-electron chi connectivity index (χ2n) is 7.84. The zero-order valence-corrected chi connectivity index (χ0v) is 15.7. The van der Waals surface area contributed by atoms with E-state index in [1.54, 1.807) is 0 Å². The summed E-state index contributed by atoms with van der Waals surface area (Å²) >= 11 is 0. The van der Waals surface area contributed by atoms with Crippen molar-refractivity contribution < 1.29 is 9.90 Å². The molecule has 1 aromatic rings. The number of amides is 1. The monoisotopic (exact) mass is 344 g/mol. The van der Waals surface area contributed by atoms with Crippen molar-refractivity contribution in [3.05, 3.63) is 35.4 Å². The molecule has 1 N–H and O–H groups in total. The number of carbonyl (C=O) groups is 1. The highest BCUT2D eigenvalue weighted by molar-refractivity contribution is 5.82. The van der Waals surface area contributed by atoms with Crippen LogP contribution in [0.5, 0.6) is 0 Å². The summed E-state index contributed by atoms with van der Waals surface area (Å²) in [6.07, 6.45) is 6.76. The van der Waals surface area contributed by atoms with Crippen LogP contribution in [0.25, 0.3) is 0 Å². The number of aliphatic hydroxyl groups excluding tert-OH is 1. The zero-order valence-electron chi connectivity index (χ0n) is 15.7. The van der Waals surface area contributed by atoms with Gasteiger partial charge in [0, 0.05) is 13.6 Å². The average Bonchev–Trinajstić information content (AvgIpc) is 2.61. The molecule has 3 rings (SSSR count). The van der Waals surface area contributed by atoms with Gasteiger partial charge in [-0.05, 0) is 44.7 Å². The first-order valence-corrected chi connectivity index (χ1v) is 9.80. The number of benzene rings is 1. The number of hydrogen-bond acceptors (Lipinski definition) is 3. The van der Waals surface area contributed by atoms with Crippen LogP contribution in [0.3, 0.4) is 0 Å². The highest BCUT2D eigenvalue weighted by atomic mass is 16.3. The fourth-order valence-corrected chi connectivity index (χ4v) is 4.45. The number of nitrogens with zero attached hydrogens (tertiary/aromatic N) is 2. The molecule has 25 heavy (non-hydrogen) atoms. The van der Waals surface area contributed by atoms with Crippen molar-refractivity contribution in [2.75, 3.05) is 13.6 Å². The zero-order chi connectivity index (χ0) is 17.8. The normalized spacial score (nSPS) is 27.9. The van der Waals surface area contributed by atoms with Gasteiger partial charge in [0.25, 0.3) is 0 Å². The summed E-state index contributed by atoms with van der Waals surface area (Å²) in [6.45, 7) is 3.92. The van der Waals surface area contributed by atoms with E-state index in [1.165, 1.54) is 11.1 Å². The number of aryl methyl sites for hydroxylation is 1. The Bertz CT molecular complexity index is 589. The van der Waals surface area contributed by atoms with Gasteiger partial charge in [-0.2, -0.15) is 0 Å². The molecular weight excluding hydrogens is 312 g/mol. The van der Waals surface area contributed by atoms with Crippen molar-refractivity contribution >= 4 is 5.91 Å². The molecule has 4 heteroatoms. The third kappa shape index (κ3) is 4.42. The predicted molar refractivity (Wildman–Crippen MR) is 100 cm³/mol. The van der Waals surface area contributed by atoms with Crippen molar-refractivity contribution in [1.29, 1.82) is 0 Å². The van der Waals surface area contributed by atoms with Gasteiger partial charge >= 0.3 is 0 Å². The number of hydrogen-bond donors (Lipinski definition) is 1. The van der Waals surface area contributed by atoms with E-state index in [0.29, 0.717) is 0 Å². The first-order chi connectivity index (χ1) is 12.1. The lowest BCUT2D eigenvalue weighted by molar-refractivity contribution is -0.142. The maximum atomic E-state index is 13.2. The van der Waals surface area contributed by atoms with Gasteiger partial charge in [0.2, 0.25) is 5.91 Å². The van der Waals surface area contributed by atoms with Crippen LogP contribution < -0.4 is 0 Å². The minimum absolute atomic E-state index is 0.0102. The third-order valence-electron chi connectivity index (χ3n) is 5.91. The van der Waals surface area contributed by atoms with E-state index in [2.05, 4.69) is 36.1 Å². The minimum Gasteiger partial charge on any atom is -0.391 e. The van der Waals surface area contributed by atoms with Crippen LogP contribution in [0, 0.1) is 6.92 Å². The smallest absolute Gasteiger partial charge is 0.240 e. The maximum Gasteiger partial charge on any atom is 0.240 e. The van der Waals surface area contributed by atoms with Gasteiger partial charge in [0.1, 0.15) is 0 Å². The molecule has 0 spiro atoms. The van der Waals surface area contributed by atoms with Crippen LogP contribution in [0.15, 0.2) is 24.3 Å².